The summed E-state index contributed by atoms with van der Waals surface area (Å²) in [5.74, 6) is -1.40. The molecule has 0 atom stereocenters. The number of nitrogens with one attached hydrogen (secondary N) is 2. The fraction of sp³-hybridized carbons (Fsp3) is 0.357. The maximum atomic E-state index is 11.8. The van der Waals surface area contributed by atoms with Crippen molar-refractivity contribution in [3.05, 3.63) is 24.3 Å². The van der Waals surface area contributed by atoms with Gasteiger partial charge in [0.25, 0.3) is 0 Å². The van der Waals surface area contributed by atoms with Crippen molar-refractivity contribution < 1.29 is 19.1 Å². The van der Waals surface area contributed by atoms with E-state index in [0.717, 1.165) is 10.2 Å². The molecule has 0 amide bonds. The Morgan fingerprint density at radius 3 is 2.41 bits per heavy atom. The Balaban J connectivity index is 2.06. The molecule has 0 aliphatic heterocycles. The Labute approximate surface area is 131 Å². The van der Waals surface area contributed by atoms with Gasteiger partial charge in [-0.1, -0.05) is 23.5 Å². The Hall–Kier alpha value is -2.19. The standard InChI is InChI=1S/C14H17N3O4S/c1-3-20-12(18)11(13(19)21-4-2)16-17-14-15-9-7-5-6-8-10(9)22-14/h5-8,11,16H,3-4H2,1-2H3,(H,15,17). The summed E-state index contributed by atoms with van der Waals surface area (Å²) in [5, 5.41) is 0.541. The van der Waals surface area contributed by atoms with Gasteiger partial charge in [0.2, 0.25) is 6.04 Å². The van der Waals surface area contributed by atoms with Crippen LogP contribution in [0.15, 0.2) is 24.3 Å². The number of para-hydroxylation sites is 1. The lowest BCUT2D eigenvalue weighted by molar-refractivity contribution is -0.157. The fourth-order valence-corrected chi connectivity index (χ4v) is 2.55. The third-order valence-electron chi connectivity index (χ3n) is 2.66. The Morgan fingerprint density at radius 2 is 1.82 bits per heavy atom. The van der Waals surface area contributed by atoms with Crippen LogP contribution in [0, 0.1) is 0 Å². The monoisotopic (exact) mass is 323 g/mol. The average molecular weight is 323 g/mol. The molecule has 0 saturated heterocycles. The number of fused-ring (bicyclic) bond motifs is 1. The van der Waals surface area contributed by atoms with E-state index >= 15 is 0 Å². The number of hydrogen-bond donors (Lipinski definition) is 2. The van der Waals surface area contributed by atoms with Gasteiger partial charge in [0.15, 0.2) is 5.13 Å². The normalized spacial score (nSPS) is 10.7. The summed E-state index contributed by atoms with van der Waals surface area (Å²) in [5.41, 5.74) is 6.22. The molecule has 0 aliphatic rings. The van der Waals surface area contributed by atoms with Crippen LogP contribution in [0.4, 0.5) is 5.13 Å². The first-order chi connectivity index (χ1) is 10.7. The lowest BCUT2D eigenvalue weighted by atomic mass is 10.3. The third kappa shape index (κ3) is 3.92. The van der Waals surface area contributed by atoms with Crippen molar-refractivity contribution >= 4 is 38.6 Å². The second kappa shape index (κ2) is 7.71. The minimum Gasteiger partial charge on any atom is -0.464 e. The quantitative estimate of drug-likeness (QED) is 0.455. The molecule has 0 spiro atoms. The van der Waals surface area contributed by atoms with Gasteiger partial charge in [-0.25, -0.2) is 20.0 Å². The topological polar surface area (TPSA) is 89.5 Å². The molecule has 1 heterocycles. The maximum Gasteiger partial charge on any atom is 0.336 e. The predicted octanol–water partition coefficient (Wildman–Crippen LogP) is 1.71. The highest BCUT2D eigenvalue weighted by molar-refractivity contribution is 7.22. The molecular weight excluding hydrogens is 306 g/mol. The first-order valence-electron chi connectivity index (χ1n) is 6.86. The third-order valence-corrected chi connectivity index (χ3v) is 3.61. The molecule has 7 nitrogen and oxygen atoms in total. The molecule has 0 saturated carbocycles. The van der Waals surface area contributed by atoms with Crippen molar-refractivity contribution in [2.24, 2.45) is 0 Å². The van der Waals surface area contributed by atoms with Crippen LogP contribution in [-0.4, -0.2) is 36.2 Å². The molecule has 22 heavy (non-hydrogen) atoms. The number of aromatic nitrogens is 1. The number of nitrogens with zero attached hydrogens (tertiary/aromatic N) is 1. The highest BCUT2D eigenvalue weighted by Crippen LogP contribution is 2.24. The minimum absolute atomic E-state index is 0.178. The molecule has 0 radical (unpaired) electrons. The lowest BCUT2D eigenvalue weighted by Crippen LogP contribution is -2.48. The number of anilines is 1. The van der Waals surface area contributed by atoms with Gasteiger partial charge < -0.3 is 9.47 Å². The molecule has 0 fully saturated rings. The van der Waals surface area contributed by atoms with Crippen molar-refractivity contribution in [1.82, 2.24) is 10.4 Å². The number of hydrazine groups is 1. The number of thiazole rings is 1. The van der Waals surface area contributed by atoms with Gasteiger partial charge in [0.05, 0.1) is 23.4 Å². The summed E-state index contributed by atoms with van der Waals surface area (Å²) in [6.07, 6.45) is 0. The molecule has 8 heteroatoms. The van der Waals surface area contributed by atoms with Gasteiger partial charge in [0, 0.05) is 0 Å². The van der Waals surface area contributed by atoms with E-state index in [-0.39, 0.29) is 13.2 Å². The van der Waals surface area contributed by atoms with Crippen LogP contribution in [0.3, 0.4) is 0 Å². The van der Waals surface area contributed by atoms with E-state index in [0.29, 0.717) is 5.13 Å². The van der Waals surface area contributed by atoms with E-state index in [1.54, 1.807) is 13.8 Å². The number of rotatable bonds is 7. The van der Waals surface area contributed by atoms with Gasteiger partial charge in [-0.15, -0.1) is 0 Å². The SMILES string of the molecule is CCOC(=O)C(NNc1nc2ccccc2s1)C(=O)OCC. The molecular formula is C14H17N3O4S. The lowest BCUT2D eigenvalue weighted by Gasteiger charge is -2.15. The van der Waals surface area contributed by atoms with Crippen molar-refractivity contribution in [1.29, 1.82) is 0 Å². The summed E-state index contributed by atoms with van der Waals surface area (Å²) < 4.78 is 10.7. The van der Waals surface area contributed by atoms with Crippen molar-refractivity contribution in [2.75, 3.05) is 18.6 Å². The maximum absolute atomic E-state index is 11.8. The number of carbonyl (C=O) groups is 2. The van der Waals surface area contributed by atoms with Crippen LogP contribution in [0.2, 0.25) is 0 Å². The van der Waals surface area contributed by atoms with Crippen molar-refractivity contribution in [2.45, 2.75) is 19.9 Å². The van der Waals surface area contributed by atoms with E-state index in [4.69, 9.17) is 9.47 Å². The van der Waals surface area contributed by atoms with E-state index in [9.17, 15) is 9.59 Å². The number of benzene rings is 1. The number of hydrogen-bond acceptors (Lipinski definition) is 8. The van der Waals surface area contributed by atoms with E-state index < -0.39 is 18.0 Å². The molecule has 1 aromatic carbocycles. The molecule has 2 aromatic rings. The highest BCUT2D eigenvalue weighted by atomic mass is 32.1. The second-order valence-electron chi connectivity index (χ2n) is 4.19. The zero-order valence-electron chi connectivity index (χ0n) is 12.3. The summed E-state index contributed by atoms with van der Waals surface area (Å²) in [4.78, 5) is 28.0. The minimum atomic E-state index is -1.24. The van der Waals surface area contributed by atoms with Crippen LogP contribution < -0.4 is 10.9 Å². The zero-order chi connectivity index (χ0) is 15.9. The summed E-state index contributed by atoms with van der Waals surface area (Å²) >= 11 is 1.40. The zero-order valence-corrected chi connectivity index (χ0v) is 13.1. The van der Waals surface area contributed by atoms with Crippen LogP contribution in [0.1, 0.15) is 13.8 Å². The van der Waals surface area contributed by atoms with E-state index in [1.807, 2.05) is 24.3 Å². The molecule has 2 N–H and O–H groups in total. The van der Waals surface area contributed by atoms with Crippen LogP contribution in [-0.2, 0) is 19.1 Å². The Bertz CT molecular complexity index is 607. The van der Waals surface area contributed by atoms with Crippen molar-refractivity contribution in [3.63, 3.8) is 0 Å². The van der Waals surface area contributed by atoms with Gasteiger partial charge in [0.1, 0.15) is 0 Å². The molecule has 0 unspecified atom stereocenters. The Morgan fingerprint density at radius 1 is 1.18 bits per heavy atom. The molecule has 1 aromatic heterocycles. The van der Waals surface area contributed by atoms with Crippen molar-refractivity contribution in [3.8, 4) is 0 Å². The van der Waals surface area contributed by atoms with E-state index in [1.165, 1.54) is 11.3 Å². The van der Waals surface area contributed by atoms with Crippen LogP contribution in [0.25, 0.3) is 10.2 Å². The number of esters is 2. The molecule has 118 valence electrons. The summed E-state index contributed by atoms with van der Waals surface area (Å²) in [6, 6.07) is 6.38. The van der Waals surface area contributed by atoms with Crippen LogP contribution in [0.5, 0.6) is 0 Å². The van der Waals surface area contributed by atoms with Crippen LogP contribution >= 0.6 is 11.3 Å². The second-order valence-corrected chi connectivity index (χ2v) is 5.22. The highest BCUT2D eigenvalue weighted by Gasteiger charge is 2.29. The number of ether oxygens (including phenoxy) is 2. The first-order valence-corrected chi connectivity index (χ1v) is 7.67. The largest absolute Gasteiger partial charge is 0.464 e. The molecule has 0 bridgehead atoms. The van der Waals surface area contributed by atoms with Gasteiger partial charge in [-0.05, 0) is 26.0 Å². The van der Waals surface area contributed by atoms with Gasteiger partial charge in [-0.2, -0.15) is 0 Å². The first kappa shape index (κ1) is 16.2. The Kier molecular flexibility index (Phi) is 5.68. The fourth-order valence-electron chi connectivity index (χ4n) is 1.72. The molecule has 0 aliphatic carbocycles. The smallest absolute Gasteiger partial charge is 0.336 e. The average Bonchev–Trinajstić information content (AvgIpc) is 2.90. The predicted molar refractivity (Wildman–Crippen MR) is 83.4 cm³/mol. The summed E-state index contributed by atoms with van der Waals surface area (Å²) in [6.45, 7) is 3.69. The number of carbonyl (C=O) groups excluding carboxylic acids is 2. The van der Waals surface area contributed by atoms with Gasteiger partial charge in [-0.3, -0.25) is 5.43 Å². The molecule has 2 rings (SSSR count). The van der Waals surface area contributed by atoms with Gasteiger partial charge >= 0.3 is 11.9 Å². The van der Waals surface area contributed by atoms with E-state index in [2.05, 4.69) is 15.8 Å². The summed E-state index contributed by atoms with van der Waals surface area (Å²) in [7, 11) is 0.